The van der Waals surface area contributed by atoms with Crippen LogP contribution in [0.2, 0.25) is 5.02 Å². The Labute approximate surface area is 121 Å². The van der Waals surface area contributed by atoms with Crippen LogP contribution in [0.25, 0.3) is 0 Å². The van der Waals surface area contributed by atoms with Crippen molar-refractivity contribution in [2.75, 3.05) is 18.9 Å². The van der Waals surface area contributed by atoms with Gasteiger partial charge in [-0.1, -0.05) is 11.6 Å². The van der Waals surface area contributed by atoms with Gasteiger partial charge in [-0.3, -0.25) is 9.59 Å². The van der Waals surface area contributed by atoms with Crippen molar-refractivity contribution in [1.29, 1.82) is 0 Å². The van der Waals surface area contributed by atoms with Gasteiger partial charge in [0.1, 0.15) is 5.82 Å². The van der Waals surface area contributed by atoms with E-state index in [9.17, 15) is 14.0 Å². The van der Waals surface area contributed by atoms with E-state index in [-0.39, 0.29) is 17.3 Å². The maximum absolute atomic E-state index is 13.4. The van der Waals surface area contributed by atoms with E-state index < -0.39 is 23.7 Å². The second-order valence-corrected chi connectivity index (χ2v) is 4.88. The Morgan fingerprint density at radius 3 is 2.75 bits per heavy atom. The van der Waals surface area contributed by atoms with E-state index in [2.05, 4.69) is 5.32 Å². The molecule has 0 aliphatic carbocycles. The zero-order chi connectivity index (χ0) is 15.3. The van der Waals surface area contributed by atoms with Gasteiger partial charge in [-0.05, 0) is 31.5 Å². The molecular formula is C13H16ClFN2O3. The maximum atomic E-state index is 13.4. The summed E-state index contributed by atoms with van der Waals surface area (Å²) >= 11 is 5.69. The van der Waals surface area contributed by atoms with Crippen LogP contribution in [0.4, 0.5) is 10.1 Å². The molecule has 2 N–H and O–H groups in total. The summed E-state index contributed by atoms with van der Waals surface area (Å²) in [5.41, 5.74) is -0.153. The first kappa shape index (κ1) is 16.4. The molecule has 0 bridgehead atoms. The van der Waals surface area contributed by atoms with Crippen LogP contribution in [0.1, 0.15) is 13.3 Å². The highest BCUT2D eigenvalue weighted by molar-refractivity contribution is 6.39. The van der Waals surface area contributed by atoms with E-state index in [1.807, 2.05) is 0 Å². The molecule has 20 heavy (non-hydrogen) atoms. The Morgan fingerprint density at radius 2 is 2.15 bits per heavy atom. The minimum atomic E-state index is -0.959. The number of nitrogens with zero attached hydrogens (tertiary/aromatic N) is 1. The van der Waals surface area contributed by atoms with Crippen LogP contribution in [0.5, 0.6) is 0 Å². The summed E-state index contributed by atoms with van der Waals surface area (Å²) < 4.78 is 13.4. The van der Waals surface area contributed by atoms with Crippen LogP contribution < -0.4 is 5.32 Å². The van der Waals surface area contributed by atoms with Crippen molar-refractivity contribution in [3.63, 3.8) is 0 Å². The highest BCUT2D eigenvalue weighted by Crippen LogP contribution is 2.19. The van der Waals surface area contributed by atoms with Gasteiger partial charge in [-0.25, -0.2) is 4.39 Å². The van der Waals surface area contributed by atoms with Crippen molar-refractivity contribution >= 4 is 29.1 Å². The maximum Gasteiger partial charge on any atom is 0.313 e. The fourth-order valence-corrected chi connectivity index (χ4v) is 1.60. The minimum absolute atomic E-state index is 0.153. The molecule has 5 nitrogen and oxygen atoms in total. The van der Waals surface area contributed by atoms with Crippen LogP contribution in [-0.2, 0) is 9.59 Å². The van der Waals surface area contributed by atoms with Gasteiger partial charge in [-0.2, -0.15) is 0 Å². The number of likely N-dealkylation sites (N-methyl/N-ethyl adjacent to an activating group) is 1. The smallest absolute Gasteiger partial charge is 0.313 e. The largest absolute Gasteiger partial charge is 0.393 e. The molecule has 0 aromatic heterocycles. The van der Waals surface area contributed by atoms with Gasteiger partial charge in [0.2, 0.25) is 0 Å². The summed E-state index contributed by atoms with van der Waals surface area (Å²) in [7, 11) is 1.43. The van der Waals surface area contributed by atoms with Gasteiger partial charge in [0.05, 0.1) is 11.8 Å². The third-order valence-corrected chi connectivity index (χ3v) is 2.83. The lowest BCUT2D eigenvalue weighted by molar-refractivity contribution is -0.142. The van der Waals surface area contributed by atoms with Gasteiger partial charge in [0.25, 0.3) is 0 Å². The molecule has 0 saturated carbocycles. The van der Waals surface area contributed by atoms with Crippen LogP contribution in [0.15, 0.2) is 18.2 Å². The van der Waals surface area contributed by atoms with Gasteiger partial charge >= 0.3 is 11.8 Å². The normalized spacial score (nSPS) is 11.8. The van der Waals surface area contributed by atoms with Crippen molar-refractivity contribution in [3.05, 3.63) is 29.0 Å². The van der Waals surface area contributed by atoms with Gasteiger partial charge < -0.3 is 15.3 Å². The molecule has 0 spiro atoms. The van der Waals surface area contributed by atoms with Crippen LogP contribution >= 0.6 is 11.6 Å². The summed E-state index contributed by atoms with van der Waals surface area (Å²) in [5, 5.41) is 11.5. The Hall–Kier alpha value is -1.66. The molecular weight excluding hydrogens is 287 g/mol. The first-order chi connectivity index (χ1) is 9.31. The van der Waals surface area contributed by atoms with E-state index in [1.54, 1.807) is 6.92 Å². The van der Waals surface area contributed by atoms with Gasteiger partial charge in [0.15, 0.2) is 0 Å². The molecule has 0 radical (unpaired) electrons. The first-order valence-electron chi connectivity index (χ1n) is 6.01. The number of amides is 2. The molecule has 1 aromatic rings. The highest BCUT2D eigenvalue weighted by atomic mass is 35.5. The standard InChI is InChI=1S/C13H16ClFN2O3/c1-8(18)5-6-17(2)13(20)12(19)16-11-7-9(14)3-4-10(11)15/h3-4,7-8,18H,5-6H2,1-2H3,(H,16,19). The van der Waals surface area contributed by atoms with E-state index in [0.717, 1.165) is 11.0 Å². The number of aliphatic hydroxyl groups excluding tert-OH is 1. The number of nitrogens with one attached hydrogen (secondary N) is 1. The van der Waals surface area contributed by atoms with Crippen molar-refractivity contribution in [1.82, 2.24) is 4.90 Å². The number of rotatable bonds is 4. The first-order valence-corrected chi connectivity index (χ1v) is 6.38. The Bertz CT molecular complexity index is 508. The molecule has 1 atom stereocenters. The third kappa shape index (κ3) is 4.79. The van der Waals surface area contributed by atoms with Crippen LogP contribution in [0, 0.1) is 5.82 Å². The molecule has 0 saturated heterocycles. The fourth-order valence-electron chi connectivity index (χ4n) is 1.42. The lowest BCUT2D eigenvalue weighted by Gasteiger charge is -2.17. The number of hydrogen-bond donors (Lipinski definition) is 2. The second kappa shape index (κ2) is 7.21. The third-order valence-electron chi connectivity index (χ3n) is 2.60. The number of carbonyl (C=O) groups excluding carboxylic acids is 2. The Balaban J connectivity index is 2.66. The number of hydrogen-bond acceptors (Lipinski definition) is 3. The van der Waals surface area contributed by atoms with Crippen LogP contribution in [0.3, 0.4) is 0 Å². The summed E-state index contributed by atoms with van der Waals surface area (Å²) in [6.07, 6.45) is -0.222. The predicted molar refractivity (Wildman–Crippen MR) is 74.0 cm³/mol. The highest BCUT2D eigenvalue weighted by Gasteiger charge is 2.20. The lowest BCUT2D eigenvalue weighted by atomic mass is 10.2. The number of carbonyl (C=O) groups is 2. The summed E-state index contributed by atoms with van der Waals surface area (Å²) in [6, 6.07) is 3.65. The van der Waals surface area contributed by atoms with Crippen molar-refractivity contribution in [3.8, 4) is 0 Å². The number of halogens is 2. The summed E-state index contributed by atoms with van der Waals surface area (Å²) in [4.78, 5) is 24.6. The van der Waals surface area contributed by atoms with Gasteiger partial charge in [0, 0.05) is 18.6 Å². The lowest BCUT2D eigenvalue weighted by Crippen LogP contribution is -2.38. The average Bonchev–Trinajstić information content (AvgIpc) is 2.39. The zero-order valence-corrected chi connectivity index (χ0v) is 11.9. The van der Waals surface area contributed by atoms with Crippen molar-refractivity contribution < 1.29 is 19.1 Å². The predicted octanol–water partition coefficient (Wildman–Crippen LogP) is 1.65. The molecule has 1 rings (SSSR count). The number of aliphatic hydroxyl groups is 1. The van der Waals surface area contributed by atoms with E-state index >= 15 is 0 Å². The van der Waals surface area contributed by atoms with E-state index in [0.29, 0.717) is 6.42 Å². The molecule has 110 valence electrons. The van der Waals surface area contributed by atoms with Crippen molar-refractivity contribution in [2.24, 2.45) is 0 Å². The zero-order valence-electron chi connectivity index (χ0n) is 11.2. The topological polar surface area (TPSA) is 69.6 Å². The molecule has 7 heteroatoms. The van der Waals surface area contributed by atoms with E-state index in [1.165, 1.54) is 19.2 Å². The molecule has 0 aliphatic heterocycles. The second-order valence-electron chi connectivity index (χ2n) is 4.44. The number of benzene rings is 1. The molecule has 1 aromatic carbocycles. The molecule has 0 heterocycles. The SMILES string of the molecule is CC(O)CCN(C)C(=O)C(=O)Nc1cc(Cl)ccc1F. The molecule has 0 aliphatic rings. The average molecular weight is 303 g/mol. The van der Waals surface area contributed by atoms with Crippen LogP contribution in [-0.4, -0.2) is 41.5 Å². The van der Waals surface area contributed by atoms with E-state index in [4.69, 9.17) is 16.7 Å². The monoisotopic (exact) mass is 302 g/mol. The quantitative estimate of drug-likeness (QED) is 0.831. The fraction of sp³-hybridized carbons (Fsp3) is 0.385. The minimum Gasteiger partial charge on any atom is -0.393 e. The van der Waals surface area contributed by atoms with Crippen molar-refractivity contribution in [2.45, 2.75) is 19.4 Å². The Kier molecular flexibility index (Phi) is 5.91. The molecule has 1 unspecified atom stereocenters. The molecule has 2 amide bonds. The summed E-state index contributed by atoms with van der Waals surface area (Å²) in [6.45, 7) is 1.81. The Morgan fingerprint density at radius 1 is 1.50 bits per heavy atom. The number of anilines is 1. The van der Waals surface area contributed by atoms with Gasteiger partial charge in [-0.15, -0.1) is 0 Å². The molecule has 0 fully saturated rings. The summed E-state index contributed by atoms with van der Waals surface area (Å²) in [5.74, 6) is -2.45.